The maximum absolute atomic E-state index is 14.4. The number of nitro benzene ring substituents is 1. The van der Waals surface area contributed by atoms with Gasteiger partial charge in [0.25, 0.3) is 23.4 Å². The molecule has 4 aliphatic rings. The Kier molecular flexibility index (Phi) is 6.35. The Balaban J connectivity index is 1.35. The second-order valence-corrected chi connectivity index (χ2v) is 11.0. The van der Waals surface area contributed by atoms with Gasteiger partial charge in [-0.05, 0) is 40.5 Å². The molecule has 4 aromatic carbocycles. The predicted octanol–water partition coefficient (Wildman–Crippen LogP) is 4.74. The van der Waals surface area contributed by atoms with Crippen molar-refractivity contribution in [2.24, 2.45) is 11.8 Å². The van der Waals surface area contributed by atoms with Crippen LogP contribution in [0.2, 0.25) is 0 Å². The number of imide groups is 1. The van der Waals surface area contributed by atoms with E-state index in [4.69, 9.17) is 4.74 Å². The van der Waals surface area contributed by atoms with E-state index in [2.05, 4.69) is 0 Å². The highest BCUT2D eigenvalue weighted by atomic mass is 16.6. The van der Waals surface area contributed by atoms with Crippen molar-refractivity contribution in [1.29, 1.82) is 0 Å². The van der Waals surface area contributed by atoms with Gasteiger partial charge in [-0.2, -0.15) is 5.01 Å². The molecule has 0 spiro atoms. The molecule has 1 heterocycles. The molecule has 2 bridgehead atoms. The number of carbonyl (C=O) groups is 4. The number of para-hydroxylation sites is 1. The molecule has 0 saturated carbocycles. The van der Waals surface area contributed by atoms with Crippen LogP contribution < -0.4 is 4.74 Å². The number of ketones is 1. The Hall–Kier alpha value is -5.64. The van der Waals surface area contributed by atoms with Crippen LogP contribution in [-0.4, -0.2) is 52.1 Å². The number of hydrogen-bond acceptors (Lipinski definition) is 7. The first-order valence-corrected chi connectivity index (χ1v) is 14.1. The van der Waals surface area contributed by atoms with Crippen molar-refractivity contribution >= 4 is 29.2 Å². The molecule has 1 fully saturated rings. The van der Waals surface area contributed by atoms with E-state index < -0.39 is 64.3 Å². The van der Waals surface area contributed by atoms with E-state index in [0.717, 1.165) is 38.3 Å². The summed E-state index contributed by atoms with van der Waals surface area (Å²) < 4.78 is 5.23. The molecule has 3 aliphatic carbocycles. The molecule has 10 heteroatoms. The van der Waals surface area contributed by atoms with Crippen molar-refractivity contribution < 1.29 is 28.8 Å². The molecule has 0 unspecified atom stereocenters. The van der Waals surface area contributed by atoms with Gasteiger partial charge in [-0.3, -0.25) is 29.3 Å². The third kappa shape index (κ3) is 3.94. The van der Waals surface area contributed by atoms with Crippen molar-refractivity contribution in [3.8, 4) is 5.75 Å². The first-order chi connectivity index (χ1) is 21.3. The lowest BCUT2D eigenvalue weighted by Gasteiger charge is -2.45. The fourth-order valence-corrected chi connectivity index (χ4v) is 7.11. The lowest BCUT2D eigenvalue weighted by atomic mass is 9.55. The van der Waals surface area contributed by atoms with E-state index in [1.807, 2.05) is 48.5 Å². The average Bonchev–Trinajstić information content (AvgIpc) is 3.32. The molecule has 4 aromatic rings. The Labute approximate surface area is 251 Å². The standard InChI is InChI=1S/C34H25N3O7/c1-44-20-10-8-9-19(17-20)27(38)18-35(32(39)25-15-6-7-16-26(25)37(42)43)36-33(40)30-28-21-11-2-3-12-22(21)29(31(30)34(36)41)24-14-5-4-13-23(24)28/h2-17,28-31H,18H2,1H3/t28?,29?,30-,31-/m1/s1. The van der Waals surface area contributed by atoms with Gasteiger partial charge in [0.2, 0.25) is 0 Å². The minimum Gasteiger partial charge on any atom is -0.497 e. The van der Waals surface area contributed by atoms with Crippen LogP contribution in [-0.2, 0) is 9.59 Å². The third-order valence-corrected chi connectivity index (χ3v) is 8.92. The van der Waals surface area contributed by atoms with Crippen LogP contribution in [0, 0.1) is 22.0 Å². The Morgan fingerprint density at radius 2 is 1.32 bits per heavy atom. The van der Waals surface area contributed by atoms with Gasteiger partial charge in [-0.1, -0.05) is 72.8 Å². The quantitative estimate of drug-likeness (QED) is 0.132. The van der Waals surface area contributed by atoms with Crippen LogP contribution in [0.1, 0.15) is 54.8 Å². The largest absolute Gasteiger partial charge is 0.497 e. The summed E-state index contributed by atoms with van der Waals surface area (Å²) in [4.78, 5) is 67.8. The maximum atomic E-state index is 14.4. The molecule has 8 rings (SSSR count). The van der Waals surface area contributed by atoms with Crippen LogP contribution in [0.5, 0.6) is 5.75 Å². The molecule has 218 valence electrons. The number of hydrogen-bond donors (Lipinski definition) is 0. The van der Waals surface area contributed by atoms with E-state index in [1.54, 1.807) is 12.1 Å². The Morgan fingerprint density at radius 1 is 0.795 bits per heavy atom. The number of Topliss-reactive ketones (excluding diaryl/α,β-unsaturated/α-hetero) is 1. The minimum absolute atomic E-state index is 0.182. The summed E-state index contributed by atoms with van der Waals surface area (Å²) in [7, 11) is 1.45. The molecule has 1 aliphatic heterocycles. The van der Waals surface area contributed by atoms with Gasteiger partial charge in [0.1, 0.15) is 17.9 Å². The first kappa shape index (κ1) is 27.2. The fourth-order valence-electron chi connectivity index (χ4n) is 7.11. The van der Waals surface area contributed by atoms with Gasteiger partial charge in [0, 0.05) is 23.5 Å². The van der Waals surface area contributed by atoms with Gasteiger partial charge in [-0.25, -0.2) is 5.01 Å². The minimum atomic E-state index is -1.00. The smallest absolute Gasteiger partial charge is 0.282 e. The van der Waals surface area contributed by atoms with Crippen LogP contribution in [0.15, 0.2) is 97.1 Å². The van der Waals surface area contributed by atoms with Crippen LogP contribution >= 0.6 is 0 Å². The van der Waals surface area contributed by atoms with Gasteiger partial charge >= 0.3 is 0 Å². The zero-order chi connectivity index (χ0) is 30.7. The lowest BCUT2D eigenvalue weighted by molar-refractivity contribution is -0.385. The highest BCUT2D eigenvalue weighted by Crippen LogP contribution is 2.61. The SMILES string of the molecule is COc1cccc(C(=O)CN(C(=O)c2ccccc2[N+](=O)[O-])N2C(=O)[C@@H]3C4c5ccccc5C(c5ccccc54)[C@H]3C2=O)c1. The summed E-state index contributed by atoms with van der Waals surface area (Å²) in [5.41, 5.74) is 3.12. The average molecular weight is 588 g/mol. The summed E-state index contributed by atoms with van der Waals surface area (Å²) in [6.07, 6.45) is 0. The maximum Gasteiger partial charge on any atom is 0.282 e. The number of carbonyl (C=O) groups excluding carboxylic acids is 4. The van der Waals surface area contributed by atoms with Gasteiger partial charge in [-0.15, -0.1) is 0 Å². The van der Waals surface area contributed by atoms with E-state index >= 15 is 0 Å². The Morgan fingerprint density at radius 3 is 1.84 bits per heavy atom. The number of benzene rings is 4. The number of rotatable bonds is 7. The highest BCUT2D eigenvalue weighted by Gasteiger charge is 2.63. The summed E-state index contributed by atoms with van der Waals surface area (Å²) in [5, 5.41) is 13.4. The first-order valence-electron chi connectivity index (χ1n) is 14.1. The zero-order valence-corrected chi connectivity index (χ0v) is 23.5. The number of methoxy groups -OCH3 is 1. The number of amides is 3. The Bertz CT molecular complexity index is 1790. The monoisotopic (exact) mass is 587 g/mol. The fraction of sp³-hybridized carbons (Fsp3) is 0.176. The molecule has 0 N–H and O–H groups in total. The summed E-state index contributed by atoms with van der Waals surface area (Å²) in [6.45, 7) is -0.704. The molecule has 2 atom stereocenters. The van der Waals surface area contributed by atoms with Crippen molar-refractivity contribution in [2.45, 2.75) is 11.8 Å². The van der Waals surface area contributed by atoms with Gasteiger partial charge < -0.3 is 4.74 Å². The summed E-state index contributed by atoms with van der Waals surface area (Å²) in [6, 6.07) is 27.0. The summed E-state index contributed by atoms with van der Waals surface area (Å²) >= 11 is 0. The van der Waals surface area contributed by atoms with Crippen LogP contribution in [0.3, 0.4) is 0 Å². The van der Waals surface area contributed by atoms with E-state index in [1.165, 1.54) is 37.4 Å². The molecular formula is C34H25N3O7. The lowest BCUT2D eigenvalue weighted by Crippen LogP contribution is -2.52. The molecule has 44 heavy (non-hydrogen) atoms. The van der Waals surface area contributed by atoms with Crippen LogP contribution in [0.4, 0.5) is 5.69 Å². The topological polar surface area (TPSA) is 127 Å². The number of hydrazine groups is 1. The number of nitrogens with zero attached hydrogens (tertiary/aromatic N) is 3. The second kappa shape index (κ2) is 10.3. The molecule has 3 amide bonds. The van der Waals surface area contributed by atoms with E-state index in [0.29, 0.717) is 5.75 Å². The van der Waals surface area contributed by atoms with Gasteiger partial charge in [0.05, 0.1) is 23.9 Å². The number of nitro groups is 1. The van der Waals surface area contributed by atoms with Crippen molar-refractivity contribution in [1.82, 2.24) is 10.0 Å². The van der Waals surface area contributed by atoms with Crippen molar-refractivity contribution in [2.75, 3.05) is 13.7 Å². The highest BCUT2D eigenvalue weighted by molar-refractivity contribution is 6.11. The molecule has 1 saturated heterocycles. The molecule has 0 aromatic heterocycles. The van der Waals surface area contributed by atoms with E-state index in [9.17, 15) is 29.3 Å². The molecule has 10 nitrogen and oxygen atoms in total. The van der Waals surface area contributed by atoms with E-state index in [-0.39, 0.29) is 11.1 Å². The van der Waals surface area contributed by atoms with Gasteiger partial charge in [0.15, 0.2) is 5.78 Å². The number of ether oxygens (including phenoxy) is 1. The second-order valence-electron chi connectivity index (χ2n) is 11.0. The van der Waals surface area contributed by atoms with Crippen LogP contribution in [0.25, 0.3) is 0 Å². The zero-order valence-electron chi connectivity index (χ0n) is 23.5. The predicted molar refractivity (Wildman–Crippen MR) is 157 cm³/mol. The van der Waals surface area contributed by atoms with Crippen molar-refractivity contribution in [3.63, 3.8) is 0 Å². The third-order valence-electron chi connectivity index (χ3n) is 8.92. The van der Waals surface area contributed by atoms with Crippen molar-refractivity contribution in [3.05, 3.63) is 141 Å². The summed E-state index contributed by atoms with van der Waals surface area (Å²) in [5.74, 6) is -4.92. The normalized spacial score (nSPS) is 20.9. The molecule has 0 radical (unpaired) electrons. The molecular weight excluding hydrogens is 562 g/mol.